The third-order valence-electron chi connectivity index (χ3n) is 4.46. The van der Waals surface area contributed by atoms with Gasteiger partial charge in [0.15, 0.2) is 5.76 Å². The fourth-order valence-corrected chi connectivity index (χ4v) is 3.00. The molecule has 2 amide bonds. The lowest BCUT2D eigenvalue weighted by molar-refractivity contribution is 0.0951. The zero-order valence-electron chi connectivity index (χ0n) is 16.2. The minimum absolute atomic E-state index is 0.220. The van der Waals surface area contributed by atoms with Gasteiger partial charge in [-0.25, -0.2) is 0 Å². The number of amides is 2. The van der Waals surface area contributed by atoms with Gasteiger partial charge in [0.1, 0.15) is 0 Å². The van der Waals surface area contributed by atoms with Crippen molar-refractivity contribution in [1.29, 1.82) is 0 Å². The molecule has 0 aliphatic heterocycles. The highest BCUT2D eigenvalue weighted by atomic mass is 16.3. The van der Waals surface area contributed by atoms with Gasteiger partial charge in [-0.1, -0.05) is 30.3 Å². The van der Waals surface area contributed by atoms with Crippen molar-refractivity contribution in [3.63, 3.8) is 0 Å². The lowest BCUT2D eigenvalue weighted by atomic mass is 10.1. The Bertz CT molecular complexity index is 965. The molecule has 0 bridgehead atoms. The predicted octanol–water partition coefficient (Wildman–Crippen LogP) is 3.55. The van der Waals surface area contributed by atoms with Crippen LogP contribution in [0.15, 0.2) is 71.3 Å². The summed E-state index contributed by atoms with van der Waals surface area (Å²) in [7, 11) is 5.55. The Balaban J connectivity index is 1.79. The van der Waals surface area contributed by atoms with E-state index in [-0.39, 0.29) is 17.6 Å². The van der Waals surface area contributed by atoms with E-state index in [1.807, 2.05) is 43.3 Å². The number of furan rings is 1. The summed E-state index contributed by atoms with van der Waals surface area (Å²) in [6.45, 7) is 0.386. The minimum Gasteiger partial charge on any atom is -0.459 e. The van der Waals surface area contributed by atoms with E-state index >= 15 is 0 Å². The van der Waals surface area contributed by atoms with Crippen molar-refractivity contribution in [2.24, 2.45) is 0 Å². The van der Waals surface area contributed by atoms with E-state index in [9.17, 15) is 9.59 Å². The van der Waals surface area contributed by atoms with Crippen LogP contribution in [0, 0.1) is 0 Å². The van der Waals surface area contributed by atoms with Gasteiger partial charge in [-0.3, -0.25) is 9.59 Å². The van der Waals surface area contributed by atoms with Crippen molar-refractivity contribution < 1.29 is 14.0 Å². The molecule has 3 rings (SSSR count). The van der Waals surface area contributed by atoms with Crippen molar-refractivity contribution in [3.05, 3.63) is 83.8 Å². The predicted molar refractivity (Wildman–Crippen MR) is 110 cm³/mol. The molecule has 1 aromatic heterocycles. The van der Waals surface area contributed by atoms with Gasteiger partial charge in [0, 0.05) is 33.4 Å². The molecule has 6 nitrogen and oxygen atoms in total. The molecule has 1 N–H and O–H groups in total. The highest BCUT2D eigenvalue weighted by molar-refractivity contribution is 6.09. The molecule has 2 aromatic carbocycles. The molecule has 0 aliphatic rings. The second kappa shape index (κ2) is 8.43. The third-order valence-corrected chi connectivity index (χ3v) is 4.46. The van der Waals surface area contributed by atoms with Gasteiger partial charge in [-0.15, -0.1) is 0 Å². The van der Waals surface area contributed by atoms with Gasteiger partial charge < -0.3 is 19.5 Å². The second-order valence-electron chi connectivity index (χ2n) is 6.56. The number of hydrogen-bond donors (Lipinski definition) is 1. The smallest absolute Gasteiger partial charge is 0.293 e. The Morgan fingerprint density at radius 3 is 2.25 bits per heavy atom. The topological polar surface area (TPSA) is 65.8 Å². The van der Waals surface area contributed by atoms with E-state index in [0.717, 1.165) is 11.3 Å². The number of nitrogens with one attached hydrogen (secondary N) is 1. The largest absolute Gasteiger partial charge is 0.459 e. The Hall–Kier alpha value is -3.54. The maximum atomic E-state index is 12.8. The first-order valence-electron chi connectivity index (χ1n) is 8.93. The molecule has 6 heteroatoms. The minimum atomic E-state index is -0.316. The van der Waals surface area contributed by atoms with Crippen LogP contribution in [0.3, 0.4) is 0 Å². The number of anilines is 2. The van der Waals surface area contributed by atoms with E-state index in [1.165, 1.54) is 11.2 Å². The summed E-state index contributed by atoms with van der Waals surface area (Å²) in [6, 6.07) is 18.2. The standard InChI is InChI=1S/C22H23N3O3/c1-24(2)18-11-6-4-9-16(18)15-23-21(26)17-10-5-7-12-19(17)25(3)22(27)20-13-8-14-28-20/h4-14H,15H2,1-3H3,(H,23,26). The van der Waals surface area contributed by atoms with Crippen molar-refractivity contribution in [2.45, 2.75) is 6.54 Å². The third kappa shape index (κ3) is 4.06. The van der Waals surface area contributed by atoms with Crippen LogP contribution >= 0.6 is 0 Å². The molecule has 0 saturated carbocycles. The van der Waals surface area contributed by atoms with Crippen LogP contribution in [0.5, 0.6) is 0 Å². The lowest BCUT2D eigenvalue weighted by Crippen LogP contribution is -2.30. The summed E-state index contributed by atoms with van der Waals surface area (Å²) in [4.78, 5) is 28.8. The van der Waals surface area contributed by atoms with Crippen molar-refractivity contribution in [3.8, 4) is 0 Å². The van der Waals surface area contributed by atoms with Gasteiger partial charge in [0.25, 0.3) is 11.8 Å². The maximum absolute atomic E-state index is 12.8. The zero-order chi connectivity index (χ0) is 20.1. The van der Waals surface area contributed by atoms with Crippen LogP contribution in [-0.4, -0.2) is 33.0 Å². The van der Waals surface area contributed by atoms with E-state index in [2.05, 4.69) is 5.32 Å². The zero-order valence-corrected chi connectivity index (χ0v) is 16.2. The molecule has 0 atom stereocenters. The Labute approximate surface area is 164 Å². The highest BCUT2D eigenvalue weighted by Gasteiger charge is 2.21. The molecule has 144 valence electrons. The number of para-hydroxylation sites is 2. The Kier molecular flexibility index (Phi) is 5.79. The maximum Gasteiger partial charge on any atom is 0.293 e. The van der Waals surface area contributed by atoms with E-state index < -0.39 is 0 Å². The Morgan fingerprint density at radius 2 is 1.57 bits per heavy atom. The number of benzene rings is 2. The lowest BCUT2D eigenvalue weighted by Gasteiger charge is -2.20. The number of carbonyl (C=O) groups excluding carboxylic acids is 2. The van der Waals surface area contributed by atoms with Crippen molar-refractivity contribution in [1.82, 2.24) is 5.32 Å². The van der Waals surface area contributed by atoms with E-state index in [4.69, 9.17) is 4.42 Å². The van der Waals surface area contributed by atoms with E-state index in [1.54, 1.807) is 43.4 Å². The molecule has 0 unspecified atom stereocenters. The van der Waals surface area contributed by atoms with Gasteiger partial charge in [0.05, 0.1) is 17.5 Å². The summed E-state index contributed by atoms with van der Waals surface area (Å²) in [5.41, 5.74) is 2.99. The first kappa shape index (κ1) is 19.2. The summed E-state index contributed by atoms with van der Waals surface area (Å²) >= 11 is 0. The number of nitrogens with zero attached hydrogens (tertiary/aromatic N) is 2. The van der Waals surface area contributed by atoms with Gasteiger partial charge >= 0.3 is 0 Å². The molecule has 0 fully saturated rings. The van der Waals surface area contributed by atoms with Crippen LogP contribution in [0.1, 0.15) is 26.5 Å². The number of carbonyl (C=O) groups is 2. The molecule has 1 heterocycles. The fraction of sp³-hybridized carbons (Fsp3) is 0.182. The molecule has 0 radical (unpaired) electrons. The molecular formula is C22H23N3O3. The van der Waals surface area contributed by atoms with Crippen molar-refractivity contribution >= 4 is 23.2 Å². The summed E-state index contributed by atoms with van der Waals surface area (Å²) in [5, 5.41) is 2.95. The SMILES string of the molecule is CN(C)c1ccccc1CNC(=O)c1ccccc1N(C)C(=O)c1ccco1. The highest BCUT2D eigenvalue weighted by Crippen LogP contribution is 2.22. The summed E-state index contributed by atoms with van der Waals surface area (Å²) < 4.78 is 5.18. The summed E-state index contributed by atoms with van der Waals surface area (Å²) in [5.74, 6) is -0.343. The first-order valence-corrected chi connectivity index (χ1v) is 8.93. The number of rotatable bonds is 6. The molecule has 0 spiro atoms. The van der Waals surface area contributed by atoms with Gasteiger partial charge in [-0.05, 0) is 35.9 Å². The molecule has 28 heavy (non-hydrogen) atoms. The monoisotopic (exact) mass is 377 g/mol. The first-order chi connectivity index (χ1) is 13.5. The molecule has 3 aromatic rings. The summed E-state index contributed by atoms with van der Waals surface area (Å²) in [6.07, 6.45) is 1.45. The molecule has 0 aliphatic carbocycles. The second-order valence-corrected chi connectivity index (χ2v) is 6.56. The quantitative estimate of drug-likeness (QED) is 0.713. The van der Waals surface area contributed by atoms with Crippen LogP contribution in [0.25, 0.3) is 0 Å². The van der Waals surface area contributed by atoms with Gasteiger partial charge in [0.2, 0.25) is 0 Å². The average molecular weight is 377 g/mol. The van der Waals surface area contributed by atoms with Crippen LogP contribution in [-0.2, 0) is 6.54 Å². The fourth-order valence-electron chi connectivity index (χ4n) is 3.00. The number of hydrogen-bond acceptors (Lipinski definition) is 4. The van der Waals surface area contributed by atoms with Crippen LogP contribution < -0.4 is 15.1 Å². The van der Waals surface area contributed by atoms with Crippen LogP contribution in [0.2, 0.25) is 0 Å². The average Bonchev–Trinajstić information content (AvgIpc) is 3.26. The Morgan fingerprint density at radius 1 is 0.893 bits per heavy atom. The van der Waals surface area contributed by atoms with E-state index in [0.29, 0.717) is 17.8 Å². The van der Waals surface area contributed by atoms with Crippen LogP contribution in [0.4, 0.5) is 11.4 Å². The normalized spacial score (nSPS) is 10.4. The molecule has 0 saturated heterocycles. The molecular weight excluding hydrogens is 354 g/mol. The van der Waals surface area contributed by atoms with Crippen molar-refractivity contribution in [2.75, 3.05) is 30.9 Å². The van der Waals surface area contributed by atoms with Gasteiger partial charge in [-0.2, -0.15) is 0 Å².